The van der Waals surface area contributed by atoms with Gasteiger partial charge in [-0.05, 0) is 60.2 Å². The van der Waals surface area contributed by atoms with Gasteiger partial charge in [0.15, 0.2) is 0 Å². The summed E-state index contributed by atoms with van der Waals surface area (Å²) in [4.78, 5) is 9.37. The summed E-state index contributed by atoms with van der Waals surface area (Å²) in [6.45, 7) is 3.86. The molecule has 1 aromatic carbocycles. The van der Waals surface area contributed by atoms with Crippen LogP contribution in [0.15, 0.2) is 71.5 Å². The Hall–Kier alpha value is -3.07. The Balaban J connectivity index is 1.77. The smallest absolute Gasteiger partial charge is 0.149 e. The third-order valence-electron chi connectivity index (χ3n) is 5.16. The summed E-state index contributed by atoms with van der Waals surface area (Å²) in [6, 6.07) is 18.2. The second-order valence-corrected chi connectivity index (χ2v) is 8.12. The summed E-state index contributed by atoms with van der Waals surface area (Å²) in [7, 11) is 0. The van der Waals surface area contributed by atoms with Gasteiger partial charge in [0.05, 0.1) is 16.9 Å². The van der Waals surface area contributed by atoms with Gasteiger partial charge in [0, 0.05) is 23.5 Å². The van der Waals surface area contributed by atoms with Crippen molar-refractivity contribution in [3.05, 3.63) is 93.4 Å². The van der Waals surface area contributed by atoms with Gasteiger partial charge in [-0.3, -0.25) is 9.97 Å². The number of halogens is 1. The fourth-order valence-corrected chi connectivity index (χ4v) is 4.47. The van der Waals surface area contributed by atoms with E-state index in [4.69, 9.17) is 14.6 Å². The van der Waals surface area contributed by atoms with Gasteiger partial charge in [0.25, 0.3) is 0 Å². The molecule has 0 bridgehead atoms. The van der Waals surface area contributed by atoms with Gasteiger partial charge >= 0.3 is 0 Å². The molecule has 0 aliphatic rings. The third-order valence-corrected chi connectivity index (χ3v) is 5.88. The van der Waals surface area contributed by atoms with Gasteiger partial charge < -0.3 is 4.52 Å². The Morgan fingerprint density at radius 1 is 1.00 bits per heavy atom. The lowest BCUT2D eigenvalue weighted by atomic mass is 10.0. The summed E-state index contributed by atoms with van der Waals surface area (Å²) in [5, 5.41) is 8.97. The van der Waals surface area contributed by atoms with Crippen LogP contribution in [0.25, 0.3) is 22.2 Å². The minimum Gasteiger partial charge on any atom is -0.361 e. The number of aryl methyl sites for hydroxylation is 2. The number of fused-ring (bicyclic) bond motifs is 1. The zero-order valence-electron chi connectivity index (χ0n) is 16.5. The van der Waals surface area contributed by atoms with Gasteiger partial charge in [-0.1, -0.05) is 41.6 Å². The molecule has 0 spiro atoms. The van der Waals surface area contributed by atoms with Crippen LogP contribution in [0.2, 0.25) is 0 Å². The molecule has 0 saturated heterocycles. The van der Waals surface area contributed by atoms with Crippen molar-refractivity contribution in [3.8, 4) is 11.1 Å². The zero-order chi connectivity index (χ0) is 20.7. The van der Waals surface area contributed by atoms with Crippen molar-refractivity contribution in [3.63, 3.8) is 0 Å². The topological polar surface area (TPSA) is 69.6 Å². The van der Waals surface area contributed by atoms with Crippen LogP contribution in [0.1, 0.15) is 28.8 Å². The third kappa shape index (κ3) is 3.19. The first-order chi connectivity index (χ1) is 14.6. The molecule has 30 heavy (non-hydrogen) atoms. The molecular formula is C23H18IN5O. The Kier molecular flexibility index (Phi) is 4.82. The van der Waals surface area contributed by atoms with Gasteiger partial charge in [-0.25, -0.2) is 4.68 Å². The summed E-state index contributed by atoms with van der Waals surface area (Å²) in [6.07, 6.45) is 3.68. The highest BCUT2D eigenvalue weighted by molar-refractivity contribution is 14.1. The van der Waals surface area contributed by atoms with Crippen molar-refractivity contribution >= 4 is 33.6 Å². The fraction of sp³-hybridized carbons (Fsp3) is 0.130. The Labute approximate surface area is 187 Å². The van der Waals surface area contributed by atoms with Crippen LogP contribution in [0.3, 0.4) is 0 Å². The summed E-state index contributed by atoms with van der Waals surface area (Å²) >= 11 is 2.24. The predicted molar refractivity (Wildman–Crippen MR) is 123 cm³/mol. The Morgan fingerprint density at radius 3 is 2.50 bits per heavy atom. The maximum atomic E-state index is 5.37. The van der Waals surface area contributed by atoms with Crippen LogP contribution >= 0.6 is 22.6 Å². The van der Waals surface area contributed by atoms with Gasteiger partial charge in [0.2, 0.25) is 0 Å². The van der Waals surface area contributed by atoms with Crippen molar-refractivity contribution in [1.82, 2.24) is 24.9 Å². The fourth-order valence-electron chi connectivity index (χ4n) is 3.82. The number of pyridine rings is 2. The second-order valence-electron chi connectivity index (χ2n) is 7.09. The van der Waals surface area contributed by atoms with Crippen LogP contribution in [-0.2, 0) is 0 Å². The first kappa shape index (κ1) is 18.9. The van der Waals surface area contributed by atoms with Gasteiger partial charge in [-0.15, -0.1) is 0 Å². The molecule has 0 radical (unpaired) electrons. The molecule has 7 heteroatoms. The maximum Gasteiger partial charge on any atom is 0.149 e. The highest BCUT2D eigenvalue weighted by Gasteiger charge is 2.24. The van der Waals surface area contributed by atoms with E-state index in [1.165, 1.54) is 0 Å². The molecule has 0 N–H and O–H groups in total. The average Bonchev–Trinajstić information content (AvgIpc) is 3.28. The monoisotopic (exact) mass is 507 g/mol. The van der Waals surface area contributed by atoms with Crippen LogP contribution in [0, 0.1) is 17.5 Å². The molecule has 5 aromatic rings. The molecule has 0 aliphatic heterocycles. The summed E-state index contributed by atoms with van der Waals surface area (Å²) in [5.74, 6) is 0.777. The number of benzene rings is 1. The molecule has 1 atom stereocenters. The SMILES string of the molecule is Cc1noc(C)c1-c1cnc2c(I)nn(C(c3ccccc3)c3ccccn3)c2c1. The highest BCUT2D eigenvalue weighted by Crippen LogP contribution is 2.33. The van der Waals surface area contributed by atoms with E-state index in [2.05, 4.69) is 50.9 Å². The molecule has 0 fully saturated rings. The van der Waals surface area contributed by atoms with E-state index in [9.17, 15) is 0 Å². The number of aromatic nitrogens is 5. The second kappa shape index (κ2) is 7.64. The minimum absolute atomic E-state index is 0.167. The van der Waals surface area contributed by atoms with Crippen molar-refractivity contribution < 1.29 is 4.52 Å². The lowest BCUT2D eigenvalue weighted by molar-refractivity contribution is 0.393. The van der Waals surface area contributed by atoms with Crippen molar-refractivity contribution in [2.45, 2.75) is 19.9 Å². The van der Waals surface area contributed by atoms with E-state index in [0.717, 1.165) is 48.6 Å². The summed E-state index contributed by atoms with van der Waals surface area (Å²) < 4.78 is 8.24. The van der Waals surface area contributed by atoms with E-state index >= 15 is 0 Å². The molecule has 0 aliphatic carbocycles. The van der Waals surface area contributed by atoms with Gasteiger partial charge in [-0.2, -0.15) is 5.10 Å². The number of hydrogen-bond acceptors (Lipinski definition) is 5. The standard InChI is InChI=1S/C23H18IN5O/c1-14-20(15(2)30-28-14)17-12-19-21(26-13-17)23(24)27-29(19)22(16-8-4-3-5-9-16)18-10-6-7-11-25-18/h3-13,22H,1-2H3. The predicted octanol–water partition coefficient (Wildman–Crippen LogP) is 5.34. The molecule has 1 unspecified atom stereocenters. The number of nitrogens with zero attached hydrogens (tertiary/aromatic N) is 5. The number of hydrogen-bond donors (Lipinski definition) is 0. The Bertz CT molecular complexity index is 1270. The molecule has 0 saturated carbocycles. The van der Waals surface area contributed by atoms with Crippen LogP contribution in [0.5, 0.6) is 0 Å². The molecule has 6 nitrogen and oxygen atoms in total. The van der Waals surface area contributed by atoms with E-state index < -0.39 is 0 Å². The average molecular weight is 507 g/mol. The maximum absolute atomic E-state index is 5.37. The molecule has 5 rings (SSSR count). The Morgan fingerprint density at radius 2 is 1.80 bits per heavy atom. The van der Waals surface area contributed by atoms with Crippen LogP contribution in [-0.4, -0.2) is 24.9 Å². The van der Waals surface area contributed by atoms with E-state index in [0.29, 0.717) is 0 Å². The molecule has 0 amide bonds. The van der Waals surface area contributed by atoms with Crippen LogP contribution < -0.4 is 0 Å². The van der Waals surface area contributed by atoms with Gasteiger partial charge in [0.1, 0.15) is 21.0 Å². The summed E-state index contributed by atoms with van der Waals surface area (Å²) in [5.41, 5.74) is 6.62. The molecular weight excluding hydrogens is 489 g/mol. The van der Waals surface area contributed by atoms with E-state index in [1.807, 2.05) is 67.3 Å². The van der Waals surface area contributed by atoms with Crippen molar-refractivity contribution in [1.29, 1.82) is 0 Å². The lowest BCUT2D eigenvalue weighted by Crippen LogP contribution is -2.15. The first-order valence-electron chi connectivity index (χ1n) is 9.56. The quantitative estimate of drug-likeness (QED) is 0.307. The first-order valence-corrected chi connectivity index (χ1v) is 10.6. The lowest BCUT2D eigenvalue weighted by Gasteiger charge is -2.19. The normalized spacial score (nSPS) is 12.4. The zero-order valence-corrected chi connectivity index (χ0v) is 18.6. The van der Waals surface area contributed by atoms with Crippen molar-refractivity contribution in [2.75, 3.05) is 0 Å². The molecule has 4 heterocycles. The highest BCUT2D eigenvalue weighted by atomic mass is 127. The number of rotatable bonds is 4. The van der Waals surface area contributed by atoms with Crippen LogP contribution in [0.4, 0.5) is 0 Å². The van der Waals surface area contributed by atoms with E-state index in [1.54, 1.807) is 0 Å². The molecule has 4 aromatic heterocycles. The largest absolute Gasteiger partial charge is 0.361 e. The van der Waals surface area contributed by atoms with E-state index in [-0.39, 0.29) is 6.04 Å². The minimum atomic E-state index is -0.167. The molecule has 148 valence electrons. The van der Waals surface area contributed by atoms with Crippen molar-refractivity contribution in [2.24, 2.45) is 0 Å².